The van der Waals surface area contributed by atoms with Crippen LogP contribution in [0.3, 0.4) is 0 Å². The predicted octanol–water partition coefficient (Wildman–Crippen LogP) is 0.326. The Morgan fingerprint density at radius 1 is 1.18 bits per heavy atom. The van der Waals surface area contributed by atoms with Gasteiger partial charge in [-0.15, -0.1) is 5.10 Å². The largest absolute Gasteiger partial charge is 0.376 e. The summed E-state index contributed by atoms with van der Waals surface area (Å²) in [5, 5.41) is 8.28. The summed E-state index contributed by atoms with van der Waals surface area (Å²) in [5.41, 5.74) is 1.69. The minimum atomic E-state index is -0.153. The molecule has 1 amide bonds. The zero-order chi connectivity index (χ0) is 19.7. The van der Waals surface area contributed by atoms with Crippen molar-refractivity contribution < 1.29 is 4.79 Å². The number of piperazine rings is 1. The van der Waals surface area contributed by atoms with Crippen LogP contribution in [0.1, 0.15) is 24.5 Å². The molecule has 1 aliphatic heterocycles. The third-order valence-corrected chi connectivity index (χ3v) is 5.30. The Morgan fingerprint density at radius 3 is 2.57 bits per heavy atom. The summed E-state index contributed by atoms with van der Waals surface area (Å²) in [6.45, 7) is 2.59. The van der Waals surface area contributed by atoms with E-state index in [2.05, 4.69) is 20.1 Å². The number of carbonyl (C=O) groups is 1. The Morgan fingerprint density at radius 2 is 1.93 bits per heavy atom. The Kier molecular flexibility index (Phi) is 4.97. The molecule has 28 heavy (non-hydrogen) atoms. The number of carbonyl (C=O) groups excluding carboxylic acids is 1. The molecule has 2 aromatic rings. The first-order chi connectivity index (χ1) is 13.5. The molecule has 0 unspecified atom stereocenters. The highest BCUT2D eigenvalue weighted by atomic mass is 16.2. The van der Waals surface area contributed by atoms with Gasteiger partial charge >= 0.3 is 0 Å². The van der Waals surface area contributed by atoms with Crippen molar-refractivity contribution in [3.63, 3.8) is 0 Å². The molecule has 0 bridgehead atoms. The fraction of sp³-hybridized carbons (Fsp3) is 0.526. The highest BCUT2D eigenvalue weighted by Crippen LogP contribution is 2.38. The molecule has 2 aliphatic rings. The Labute approximate surface area is 163 Å². The lowest BCUT2D eigenvalue weighted by atomic mass is 10.3. The van der Waals surface area contributed by atoms with Gasteiger partial charge in [0.25, 0.3) is 5.56 Å². The summed E-state index contributed by atoms with van der Waals surface area (Å²) in [5.74, 6) is 1.19. The van der Waals surface area contributed by atoms with E-state index in [0.717, 1.165) is 30.0 Å². The molecule has 1 saturated carbocycles. The lowest BCUT2D eigenvalue weighted by Gasteiger charge is -2.35. The lowest BCUT2D eigenvalue weighted by Crippen LogP contribution is -2.50. The van der Waals surface area contributed by atoms with Crippen LogP contribution in [-0.4, -0.2) is 70.8 Å². The average Bonchev–Trinajstić information content (AvgIpc) is 3.55. The van der Waals surface area contributed by atoms with E-state index in [-0.39, 0.29) is 18.0 Å². The molecule has 9 heteroatoms. The molecule has 0 spiro atoms. The van der Waals surface area contributed by atoms with Crippen molar-refractivity contribution in [2.75, 3.05) is 50.1 Å². The van der Waals surface area contributed by atoms with Crippen LogP contribution >= 0.6 is 0 Å². The van der Waals surface area contributed by atoms with E-state index in [1.165, 1.54) is 10.9 Å². The minimum Gasteiger partial charge on any atom is -0.376 e. The summed E-state index contributed by atoms with van der Waals surface area (Å²) in [6, 6.07) is 3.57. The maximum absolute atomic E-state index is 12.6. The molecule has 0 aromatic carbocycles. The number of hydrogen-bond acceptors (Lipinski definition) is 7. The van der Waals surface area contributed by atoms with Gasteiger partial charge in [-0.1, -0.05) is 0 Å². The van der Waals surface area contributed by atoms with Gasteiger partial charge in [-0.3, -0.25) is 14.2 Å². The van der Waals surface area contributed by atoms with Gasteiger partial charge in [0.2, 0.25) is 5.91 Å². The normalized spacial score (nSPS) is 16.9. The summed E-state index contributed by atoms with van der Waals surface area (Å²) >= 11 is 0. The van der Waals surface area contributed by atoms with Crippen LogP contribution in [-0.2, 0) is 11.3 Å². The maximum atomic E-state index is 12.6. The first-order valence-corrected chi connectivity index (χ1v) is 9.60. The number of amides is 1. The van der Waals surface area contributed by atoms with E-state index in [4.69, 9.17) is 0 Å². The van der Waals surface area contributed by atoms with E-state index >= 15 is 0 Å². The van der Waals surface area contributed by atoms with Crippen molar-refractivity contribution in [2.45, 2.75) is 25.3 Å². The zero-order valence-electron chi connectivity index (χ0n) is 16.3. The third kappa shape index (κ3) is 3.97. The molecular weight excluding hydrogens is 358 g/mol. The molecule has 2 fully saturated rings. The van der Waals surface area contributed by atoms with Crippen LogP contribution in [0, 0.1) is 0 Å². The molecule has 3 heterocycles. The van der Waals surface area contributed by atoms with Crippen LogP contribution in [0.4, 0.5) is 11.5 Å². The zero-order valence-corrected chi connectivity index (χ0v) is 16.3. The number of hydrogen-bond donors (Lipinski definition) is 0. The second kappa shape index (κ2) is 7.57. The number of rotatable bonds is 5. The summed E-state index contributed by atoms with van der Waals surface area (Å²) < 4.78 is 1.40. The third-order valence-electron chi connectivity index (χ3n) is 5.30. The van der Waals surface area contributed by atoms with Gasteiger partial charge < -0.3 is 14.7 Å². The summed E-state index contributed by atoms with van der Waals surface area (Å²) in [6.07, 6.45) is 5.43. The lowest BCUT2D eigenvalue weighted by molar-refractivity contribution is -0.132. The first-order valence-electron chi connectivity index (χ1n) is 9.60. The Hall–Kier alpha value is -2.97. The van der Waals surface area contributed by atoms with Gasteiger partial charge in [-0.25, -0.2) is 4.98 Å². The highest BCUT2D eigenvalue weighted by molar-refractivity contribution is 5.76. The molecule has 1 saturated heterocycles. The Bertz CT molecular complexity index is 914. The molecule has 0 atom stereocenters. The second-order valence-electron chi connectivity index (χ2n) is 7.59. The van der Waals surface area contributed by atoms with Crippen molar-refractivity contribution >= 4 is 17.4 Å². The van der Waals surface area contributed by atoms with Crippen LogP contribution in [0.5, 0.6) is 0 Å². The molecule has 1 aliphatic carbocycles. The first kappa shape index (κ1) is 18.4. The molecule has 9 nitrogen and oxygen atoms in total. The number of anilines is 2. The van der Waals surface area contributed by atoms with E-state index < -0.39 is 0 Å². The fourth-order valence-corrected chi connectivity index (χ4v) is 3.34. The van der Waals surface area contributed by atoms with Crippen molar-refractivity contribution in [1.82, 2.24) is 24.6 Å². The van der Waals surface area contributed by atoms with Crippen LogP contribution in [0.2, 0.25) is 0 Å². The highest BCUT2D eigenvalue weighted by Gasteiger charge is 2.26. The maximum Gasteiger partial charge on any atom is 0.254 e. The van der Waals surface area contributed by atoms with Crippen LogP contribution < -0.4 is 15.4 Å². The quantitative estimate of drug-likeness (QED) is 0.735. The average molecular weight is 383 g/mol. The van der Waals surface area contributed by atoms with Gasteiger partial charge in [0.05, 0.1) is 23.9 Å². The van der Waals surface area contributed by atoms with Gasteiger partial charge in [0.1, 0.15) is 6.54 Å². The standard InChI is InChI=1S/C19H25N7O2/c1-23(2)15-9-17(22-21-11-15)24-5-7-25(8-6-24)19(28)12-26-13-20-16(10-18(26)27)14-3-4-14/h9-11,13-14H,3-8,12H2,1-2H3. The molecule has 4 rings (SSSR count). The van der Waals surface area contributed by atoms with E-state index in [1.807, 2.05) is 25.1 Å². The predicted molar refractivity (Wildman–Crippen MR) is 106 cm³/mol. The SMILES string of the molecule is CN(C)c1cnnc(N2CCN(C(=O)Cn3cnc(C4CC4)cc3=O)CC2)c1. The summed E-state index contributed by atoms with van der Waals surface area (Å²) in [7, 11) is 3.93. The molecular formula is C19H25N7O2. The van der Waals surface area contributed by atoms with E-state index in [1.54, 1.807) is 17.2 Å². The minimum absolute atomic E-state index is 0.0344. The van der Waals surface area contributed by atoms with Crippen molar-refractivity contribution in [2.24, 2.45) is 0 Å². The van der Waals surface area contributed by atoms with Gasteiger partial charge in [-0.2, -0.15) is 5.10 Å². The van der Waals surface area contributed by atoms with E-state index in [9.17, 15) is 9.59 Å². The van der Waals surface area contributed by atoms with Crippen molar-refractivity contribution in [1.29, 1.82) is 0 Å². The van der Waals surface area contributed by atoms with Crippen molar-refractivity contribution in [3.8, 4) is 0 Å². The molecule has 148 valence electrons. The Balaban J connectivity index is 1.35. The van der Waals surface area contributed by atoms with E-state index in [0.29, 0.717) is 32.1 Å². The van der Waals surface area contributed by atoms with Crippen molar-refractivity contribution in [3.05, 3.63) is 40.7 Å². The smallest absolute Gasteiger partial charge is 0.254 e. The fourth-order valence-electron chi connectivity index (χ4n) is 3.34. The van der Waals surface area contributed by atoms with Crippen LogP contribution in [0.25, 0.3) is 0 Å². The van der Waals surface area contributed by atoms with Gasteiger partial charge in [-0.05, 0) is 12.8 Å². The molecule has 2 aromatic heterocycles. The topological polar surface area (TPSA) is 87.5 Å². The van der Waals surface area contributed by atoms with Crippen LogP contribution in [0.15, 0.2) is 29.5 Å². The van der Waals surface area contributed by atoms with Gasteiger partial charge in [0.15, 0.2) is 5.82 Å². The molecule has 0 radical (unpaired) electrons. The number of nitrogens with zero attached hydrogens (tertiary/aromatic N) is 7. The molecule has 0 N–H and O–H groups in total. The van der Waals surface area contributed by atoms with Gasteiger partial charge in [0, 0.05) is 58.3 Å². The second-order valence-corrected chi connectivity index (χ2v) is 7.59. The monoisotopic (exact) mass is 383 g/mol. The number of aromatic nitrogens is 4. The summed E-state index contributed by atoms with van der Waals surface area (Å²) in [4.78, 5) is 35.1.